The second-order valence-corrected chi connectivity index (χ2v) is 6.47. The number of benzene rings is 1. The van der Waals surface area contributed by atoms with Crippen molar-refractivity contribution in [2.45, 2.75) is 6.92 Å². The van der Waals surface area contributed by atoms with E-state index >= 15 is 0 Å². The van der Waals surface area contributed by atoms with Crippen LogP contribution >= 0.6 is 11.3 Å². The van der Waals surface area contributed by atoms with Crippen LogP contribution in [0.4, 0.5) is 5.69 Å². The van der Waals surface area contributed by atoms with Crippen molar-refractivity contribution in [2.24, 2.45) is 0 Å². The average Bonchev–Trinajstić information content (AvgIpc) is 3.08. The molecular weight excluding hydrogens is 332 g/mol. The van der Waals surface area contributed by atoms with Crippen molar-refractivity contribution in [1.29, 1.82) is 0 Å². The Hall–Kier alpha value is -3.12. The molecule has 0 saturated carbocycles. The van der Waals surface area contributed by atoms with E-state index in [-0.39, 0.29) is 5.91 Å². The number of nitrogens with zero attached hydrogens (tertiary/aromatic N) is 3. The summed E-state index contributed by atoms with van der Waals surface area (Å²) in [6, 6.07) is 14.9. The number of pyridine rings is 2. The van der Waals surface area contributed by atoms with Crippen molar-refractivity contribution in [3.8, 4) is 10.6 Å². The van der Waals surface area contributed by atoms with Crippen LogP contribution in [-0.2, 0) is 0 Å². The van der Waals surface area contributed by atoms with Crippen molar-refractivity contribution in [1.82, 2.24) is 15.0 Å². The first-order valence-electron chi connectivity index (χ1n) is 7.76. The van der Waals surface area contributed by atoms with E-state index in [0.29, 0.717) is 5.69 Å². The molecule has 4 rings (SSSR count). The van der Waals surface area contributed by atoms with Crippen molar-refractivity contribution < 1.29 is 4.79 Å². The summed E-state index contributed by atoms with van der Waals surface area (Å²) in [7, 11) is 0. The number of rotatable bonds is 3. The van der Waals surface area contributed by atoms with Gasteiger partial charge in [0.25, 0.3) is 5.91 Å². The molecule has 122 valence electrons. The van der Waals surface area contributed by atoms with Gasteiger partial charge in [-0.15, -0.1) is 0 Å². The second kappa shape index (κ2) is 6.41. The summed E-state index contributed by atoms with van der Waals surface area (Å²) in [5, 5.41) is 3.82. The standard InChI is InChI=1S/C19H14N4OS/c1-12-13(18-23-16-9-5-11-21-19(16)25-18)6-4-8-14(12)22-17(24)15-7-2-3-10-20-15/h2-11H,1H3,(H,22,24). The summed E-state index contributed by atoms with van der Waals surface area (Å²) in [6.07, 6.45) is 3.37. The molecule has 6 heteroatoms. The molecule has 0 aliphatic heterocycles. The van der Waals surface area contributed by atoms with E-state index < -0.39 is 0 Å². The molecule has 1 N–H and O–H groups in total. The predicted octanol–water partition coefficient (Wildman–Crippen LogP) is 4.31. The lowest BCUT2D eigenvalue weighted by atomic mass is 10.1. The van der Waals surface area contributed by atoms with E-state index in [4.69, 9.17) is 0 Å². The maximum Gasteiger partial charge on any atom is 0.274 e. The lowest BCUT2D eigenvalue weighted by molar-refractivity contribution is 0.102. The number of carbonyl (C=O) groups excluding carboxylic acids is 1. The number of hydrogen-bond acceptors (Lipinski definition) is 5. The maximum absolute atomic E-state index is 12.4. The molecule has 1 aromatic carbocycles. The lowest BCUT2D eigenvalue weighted by Gasteiger charge is -2.11. The molecule has 0 radical (unpaired) electrons. The monoisotopic (exact) mass is 346 g/mol. The molecule has 0 aliphatic carbocycles. The molecule has 0 fully saturated rings. The van der Waals surface area contributed by atoms with Crippen LogP contribution in [0.1, 0.15) is 16.1 Å². The molecule has 25 heavy (non-hydrogen) atoms. The maximum atomic E-state index is 12.4. The normalized spacial score (nSPS) is 10.8. The van der Waals surface area contributed by atoms with Crippen LogP contribution in [0, 0.1) is 6.92 Å². The predicted molar refractivity (Wildman–Crippen MR) is 99.8 cm³/mol. The van der Waals surface area contributed by atoms with Crippen molar-refractivity contribution in [3.63, 3.8) is 0 Å². The van der Waals surface area contributed by atoms with Gasteiger partial charge in [-0.2, -0.15) is 0 Å². The summed E-state index contributed by atoms with van der Waals surface area (Å²) >= 11 is 1.54. The van der Waals surface area contributed by atoms with E-state index in [2.05, 4.69) is 20.3 Å². The highest BCUT2D eigenvalue weighted by atomic mass is 32.1. The molecule has 3 aromatic heterocycles. The van der Waals surface area contributed by atoms with Crippen molar-refractivity contribution in [3.05, 3.63) is 72.2 Å². The summed E-state index contributed by atoms with van der Waals surface area (Å²) in [6.45, 7) is 1.98. The minimum absolute atomic E-state index is 0.230. The zero-order valence-electron chi connectivity index (χ0n) is 13.4. The first kappa shape index (κ1) is 15.4. The molecule has 0 spiro atoms. The Morgan fingerprint density at radius 1 is 1.00 bits per heavy atom. The van der Waals surface area contributed by atoms with Gasteiger partial charge < -0.3 is 5.32 Å². The van der Waals surface area contributed by atoms with Gasteiger partial charge in [0.05, 0.1) is 0 Å². The first-order chi connectivity index (χ1) is 12.2. The van der Waals surface area contributed by atoms with Crippen molar-refractivity contribution >= 4 is 33.3 Å². The highest BCUT2D eigenvalue weighted by Crippen LogP contribution is 2.33. The topological polar surface area (TPSA) is 67.8 Å². The van der Waals surface area contributed by atoms with E-state index in [1.807, 2.05) is 37.3 Å². The van der Waals surface area contributed by atoms with Crippen LogP contribution in [-0.4, -0.2) is 20.9 Å². The fraction of sp³-hybridized carbons (Fsp3) is 0.0526. The number of amides is 1. The Morgan fingerprint density at radius 2 is 1.88 bits per heavy atom. The Morgan fingerprint density at radius 3 is 2.68 bits per heavy atom. The van der Waals surface area contributed by atoms with Crippen LogP contribution in [0.5, 0.6) is 0 Å². The Balaban J connectivity index is 1.69. The summed E-state index contributed by atoms with van der Waals surface area (Å²) in [4.78, 5) is 26.3. The minimum atomic E-state index is -0.230. The summed E-state index contributed by atoms with van der Waals surface area (Å²) < 4.78 is 0. The Labute approximate surface area is 148 Å². The minimum Gasteiger partial charge on any atom is -0.320 e. The summed E-state index contributed by atoms with van der Waals surface area (Å²) in [5.74, 6) is -0.230. The van der Waals surface area contributed by atoms with Gasteiger partial charge in [-0.3, -0.25) is 9.78 Å². The molecule has 4 aromatic rings. The van der Waals surface area contributed by atoms with Gasteiger partial charge in [-0.25, -0.2) is 9.97 Å². The molecular formula is C19H14N4OS. The van der Waals surface area contributed by atoms with E-state index in [9.17, 15) is 4.79 Å². The van der Waals surface area contributed by atoms with Crippen molar-refractivity contribution in [2.75, 3.05) is 5.32 Å². The van der Waals surface area contributed by atoms with E-state index in [1.54, 1.807) is 41.9 Å². The fourth-order valence-electron chi connectivity index (χ4n) is 2.57. The van der Waals surface area contributed by atoms with Crippen LogP contribution in [0.2, 0.25) is 0 Å². The van der Waals surface area contributed by atoms with E-state index in [1.165, 1.54) is 0 Å². The molecule has 5 nitrogen and oxygen atoms in total. The van der Waals surface area contributed by atoms with Gasteiger partial charge in [0.1, 0.15) is 21.0 Å². The highest BCUT2D eigenvalue weighted by Gasteiger charge is 2.14. The van der Waals surface area contributed by atoms with Crippen LogP contribution in [0.25, 0.3) is 20.9 Å². The fourth-order valence-corrected chi connectivity index (χ4v) is 3.56. The second-order valence-electron chi connectivity index (χ2n) is 5.49. The van der Waals surface area contributed by atoms with Gasteiger partial charge in [-0.1, -0.05) is 29.5 Å². The Bertz CT molecular complexity index is 1030. The lowest BCUT2D eigenvalue weighted by Crippen LogP contribution is -2.14. The third-order valence-corrected chi connectivity index (χ3v) is 4.89. The zero-order chi connectivity index (χ0) is 17.2. The largest absolute Gasteiger partial charge is 0.320 e. The van der Waals surface area contributed by atoms with Gasteiger partial charge in [-0.05, 0) is 42.8 Å². The van der Waals surface area contributed by atoms with Gasteiger partial charge in [0.15, 0.2) is 0 Å². The average molecular weight is 346 g/mol. The van der Waals surface area contributed by atoms with Gasteiger partial charge in [0, 0.05) is 23.6 Å². The van der Waals surface area contributed by atoms with E-state index in [0.717, 1.165) is 32.2 Å². The van der Waals surface area contributed by atoms with Crippen LogP contribution in [0.15, 0.2) is 60.9 Å². The van der Waals surface area contributed by atoms with Crippen LogP contribution < -0.4 is 5.32 Å². The summed E-state index contributed by atoms with van der Waals surface area (Å²) in [5.41, 5.74) is 3.97. The number of thiazole rings is 1. The number of hydrogen-bond donors (Lipinski definition) is 1. The third kappa shape index (κ3) is 2.99. The number of nitrogens with one attached hydrogen (secondary N) is 1. The molecule has 0 bridgehead atoms. The smallest absolute Gasteiger partial charge is 0.274 e. The van der Waals surface area contributed by atoms with Gasteiger partial charge in [0.2, 0.25) is 0 Å². The van der Waals surface area contributed by atoms with Crippen LogP contribution in [0.3, 0.4) is 0 Å². The number of anilines is 1. The van der Waals surface area contributed by atoms with Gasteiger partial charge >= 0.3 is 0 Å². The molecule has 0 aliphatic rings. The quantitative estimate of drug-likeness (QED) is 0.600. The first-order valence-corrected chi connectivity index (χ1v) is 8.58. The number of fused-ring (bicyclic) bond motifs is 1. The molecule has 3 heterocycles. The molecule has 0 saturated heterocycles. The number of carbonyl (C=O) groups is 1. The Kier molecular flexibility index (Phi) is 3.95. The molecule has 0 unspecified atom stereocenters. The SMILES string of the molecule is Cc1c(NC(=O)c2ccccn2)cccc1-c1nc2cccnc2s1. The third-order valence-electron chi connectivity index (χ3n) is 3.88. The number of aromatic nitrogens is 3. The molecule has 0 atom stereocenters. The molecule has 1 amide bonds. The zero-order valence-corrected chi connectivity index (χ0v) is 14.2. The highest BCUT2D eigenvalue weighted by molar-refractivity contribution is 7.21.